The Bertz CT molecular complexity index is 954. The van der Waals surface area contributed by atoms with Gasteiger partial charge in [0.05, 0.1) is 5.56 Å². The Morgan fingerprint density at radius 3 is 2.64 bits per heavy atom. The molecule has 1 N–H and O–H groups in total. The molecular formula is C24H32F3N5S. The van der Waals surface area contributed by atoms with Crippen LogP contribution < -0.4 is 5.32 Å². The molecule has 9 heteroatoms. The van der Waals surface area contributed by atoms with Crippen LogP contribution in [0.25, 0.3) is 0 Å². The molecular weight excluding hydrogens is 447 g/mol. The van der Waals surface area contributed by atoms with E-state index in [0.717, 1.165) is 87.1 Å². The number of benzene rings is 1. The number of alkyl halides is 3. The third-order valence-corrected chi connectivity index (χ3v) is 8.82. The lowest BCUT2D eigenvalue weighted by Gasteiger charge is -2.21. The van der Waals surface area contributed by atoms with Crippen LogP contribution in [-0.4, -0.2) is 58.1 Å². The highest BCUT2D eigenvalue weighted by Gasteiger charge is 2.57. The maximum absolute atomic E-state index is 12.8. The van der Waals surface area contributed by atoms with E-state index in [1.807, 2.05) is 0 Å². The van der Waals surface area contributed by atoms with Crippen molar-refractivity contribution in [3.8, 4) is 0 Å². The molecule has 0 amide bonds. The third kappa shape index (κ3) is 4.95. The van der Waals surface area contributed by atoms with Gasteiger partial charge in [0.1, 0.15) is 5.82 Å². The van der Waals surface area contributed by atoms with Gasteiger partial charge in [-0.2, -0.15) is 13.2 Å². The molecule has 33 heavy (non-hydrogen) atoms. The number of hydrogen-bond donors (Lipinski definition) is 1. The van der Waals surface area contributed by atoms with Gasteiger partial charge in [-0.25, -0.2) is 0 Å². The van der Waals surface area contributed by atoms with Gasteiger partial charge >= 0.3 is 6.18 Å². The summed E-state index contributed by atoms with van der Waals surface area (Å²) in [6.07, 6.45) is 1.33. The number of thioether (sulfide) groups is 1. The summed E-state index contributed by atoms with van der Waals surface area (Å²) in [5, 5.41) is 13.3. The fraction of sp³-hybridized carbons (Fsp3) is 0.667. The summed E-state index contributed by atoms with van der Waals surface area (Å²) in [4.78, 5) is 2.53. The number of nitrogens with zero attached hydrogens (tertiary/aromatic N) is 4. The fourth-order valence-electron chi connectivity index (χ4n) is 5.69. The highest BCUT2D eigenvalue weighted by molar-refractivity contribution is 7.99. The zero-order chi connectivity index (χ0) is 23.1. The van der Waals surface area contributed by atoms with E-state index in [-0.39, 0.29) is 5.41 Å². The highest BCUT2D eigenvalue weighted by Crippen LogP contribution is 2.64. The summed E-state index contributed by atoms with van der Waals surface area (Å²) < 4.78 is 40.7. The number of rotatable bonds is 7. The van der Waals surface area contributed by atoms with Crippen LogP contribution in [0.1, 0.15) is 60.9 Å². The standard InChI is InChI=1S/C24H32F3N5S/c1-31-21(18-7-10-28-11-8-18)29-30-22(31)33-14-2-12-32-13-9-23(16-32)15-20(23)17-3-5-19(6-4-17)24(25,26)27/h3-6,18,20,28H,2,7-16H2,1H3/t20-,23+/m1/s1. The van der Waals surface area contributed by atoms with E-state index in [9.17, 15) is 13.2 Å². The van der Waals surface area contributed by atoms with Crippen molar-refractivity contribution in [3.63, 3.8) is 0 Å². The third-order valence-electron chi connectivity index (χ3n) is 7.72. The Morgan fingerprint density at radius 1 is 1.15 bits per heavy atom. The summed E-state index contributed by atoms with van der Waals surface area (Å²) in [6.45, 7) is 5.32. The molecule has 1 aliphatic carbocycles. The minimum absolute atomic E-state index is 0.278. The van der Waals surface area contributed by atoms with E-state index < -0.39 is 11.7 Å². The molecule has 5 nitrogen and oxygen atoms in total. The number of piperidine rings is 1. The zero-order valence-electron chi connectivity index (χ0n) is 19.1. The molecule has 2 aromatic rings. The molecule has 0 radical (unpaired) electrons. The van der Waals surface area contributed by atoms with Crippen LogP contribution in [0.4, 0.5) is 13.2 Å². The largest absolute Gasteiger partial charge is 0.416 e. The van der Waals surface area contributed by atoms with Crippen molar-refractivity contribution in [2.75, 3.05) is 38.5 Å². The Hall–Kier alpha value is -1.58. The van der Waals surface area contributed by atoms with Crippen LogP contribution in [0.15, 0.2) is 29.4 Å². The summed E-state index contributed by atoms with van der Waals surface area (Å²) >= 11 is 1.79. The molecule has 3 fully saturated rings. The van der Waals surface area contributed by atoms with Gasteiger partial charge in [-0.1, -0.05) is 23.9 Å². The minimum Gasteiger partial charge on any atom is -0.317 e. The van der Waals surface area contributed by atoms with Crippen LogP contribution in [-0.2, 0) is 13.2 Å². The lowest BCUT2D eigenvalue weighted by molar-refractivity contribution is -0.137. The quantitative estimate of drug-likeness (QED) is 0.462. The first-order valence-electron chi connectivity index (χ1n) is 12.0. The van der Waals surface area contributed by atoms with Crippen molar-refractivity contribution >= 4 is 11.8 Å². The zero-order valence-corrected chi connectivity index (χ0v) is 19.9. The molecule has 0 unspecified atom stereocenters. The highest BCUT2D eigenvalue weighted by atomic mass is 32.2. The van der Waals surface area contributed by atoms with Crippen molar-refractivity contribution in [1.29, 1.82) is 0 Å². The average molecular weight is 480 g/mol. The molecule has 1 aromatic heterocycles. The second-order valence-electron chi connectivity index (χ2n) is 9.89. The predicted octanol–water partition coefficient (Wildman–Crippen LogP) is 4.66. The first-order valence-corrected chi connectivity index (χ1v) is 13.0. The maximum atomic E-state index is 12.8. The van der Waals surface area contributed by atoms with Gasteiger partial charge < -0.3 is 14.8 Å². The normalized spacial score (nSPS) is 26.4. The van der Waals surface area contributed by atoms with Gasteiger partial charge in [-0.15, -0.1) is 10.2 Å². The number of hydrogen-bond acceptors (Lipinski definition) is 5. The van der Waals surface area contributed by atoms with Crippen LogP contribution in [0.2, 0.25) is 0 Å². The van der Waals surface area contributed by atoms with E-state index in [1.165, 1.54) is 12.1 Å². The molecule has 1 saturated carbocycles. The Balaban J connectivity index is 1.06. The van der Waals surface area contributed by atoms with E-state index >= 15 is 0 Å². The molecule has 2 saturated heterocycles. The molecule has 0 bridgehead atoms. The first kappa shape index (κ1) is 23.2. The lowest BCUT2D eigenvalue weighted by Crippen LogP contribution is -2.27. The van der Waals surface area contributed by atoms with Gasteiger partial charge in [-0.05, 0) is 87.3 Å². The van der Waals surface area contributed by atoms with Crippen LogP contribution in [0, 0.1) is 5.41 Å². The fourth-order valence-corrected chi connectivity index (χ4v) is 6.53. The van der Waals surface area contributed by atoms with Crippen molar-refractivity contribution in [2.24, 2.45) is 12.5 Å². The van der Waals surface area contributed by atoms with Gasteiger partial charge in [0.25, 0.3) is 0 Å². The van der Waals surface area contributed by atoms with E-state index in [2.05, 4.69) is 32.0 Å². The van der Waals surface area contributed by atoms with Crippen LogP contribution in [0.3, 0.4) is 0 Å². The van der Waals surface area contributed by atoms with Crippen LogP contribution in [0.5, 0.6) is 0 Å². The van der Waals surface area contributed by atoms with E-state index in [4.69, 9.17) is 0 Å². The number of nitrogens with one attached hydrogen (secondary N) is 1. The predicted molar refractivity (Wildman–Crippen MR) is 123 cm³/mol. The van der Waals surface area contributed by atoms with Gasteiger partial charge in [-0.3, -0.25) is 0 Å². The Kier molecular flexibility index (Phi) is 6.48. The van der Waals surface area contributed by atoms with E-state index in [1.54, 1.807) is 23.9 Å². The van der Waals surface area contributed by atoms with Crippen molar-refractivity contribution in [1.82, 2.24) is 25.0 Å². The topological polar surface area (TPSA) is 46.0 Å². The van der Waals surface area contributed by atoms with Gasteiger partial charge in [0, 0.05) is 25.3 Å². The molecule has 5 rings (SSSR count). The second kappa shape index (κ2) is 9.23. The van der Waals surface area contributed by atoms with Crippen molar-refractivity contribution in [2.45, 2.75) is 55.3 Å². The molecule has 2 aliphatic heterocycles. The summed E-state index contributed by atoms with van der Waals surface area (Å²) in [7, 11) is 2.08. The van der Waals surface area contributed by atoms with E-state index in [0.29, 0.717) is 11.8 Å². The monoisotopic (exact) mass is 479 g/mol. The number of likely N-dealkylation sites (tertiary alicyclic amines) is 1. The molecule has 1 spiro atoms. The Morgan fingerprint density at radius 2 is 1.91 bits per heavy atom. The molecule has 3 aliphatic rings. The molecule has 180 valence electrons. The summed E-state index contributed by atoms with van der Waals surface area (Å²) in [6, 6.07) is 5.82. The van der Waals surface area contributed by atoms with Gasteiger partial charge in [0.2, 0.25) is 0 Å². The maximum Gasteiger partial charge on any atom is 0.416 e. The van der Waals surface area contributed by atoms with Crippen LogP contribution >= 0.6 is 11.8 Å². The number of halogens is 3. The minimum atomic E-state index is -4.26. The van der Waals surface area contributed by atoms with Gasteiger partial charge in [0.15, 0.2) is 5.16 Å². The smallest absolute Gasteiger partial charge is 0.317 e. The van der Waals surface area contributed by atoms with Crippen molar-refractivity contribution < 1.29 is 13.2 Å². The average Bonchev–Trinajstić information content (AvgIpc) is 3.15. The van der Waals surface area contributed by atoms with Crippen molar-refractivity contribution in [3.05, 3.63) is 41.2 Å². The molecule has 2 atom stereocenters. The first-order chi connectivity index (χ1) is 15.9. The summed E-state index contributed by atoms with van der Waals surface area (Å²) in [5.74, 6) is 3.05. The second-order valence-corrected chi connectivity index (χ2v) is 11.0. The Labute approximate surface area is 197 Å². The molecule has 3 heterocycles. The SMILES string of the molecule is Cn1c(SCCCN2CC[C@]3(C[C@@H]3c3ccc(C(F)(F)F)cc3)C2)nnc1C1CCNCC1. The lowest BCUT2D eigenvalue weighted by atomic mass is 9.97. The summed E-state index contributed by atoms with van der Waals surface area (Å²) in [5.41, 5.74) is 0.782. The molecule has 1 aromatic carbocycles. The number of aromatic nitrogens is 3.